The van der Waals surface area contributed by atoms with Crippen LogP contribution in [0.4, 0.5) is 5.69 Å². The summed E-state index contributed by atoms with van der Waals surface area (Å²) < 4.78 is 27.6. The van der Waals surface area contributed by atoms with Crippen molar-refractivity contribution in [2.45, 2.75) is 23.3 Å². The minimum Gasteiger partial charge on any atom is -0.314 e. The van der Waals surface area contributed by atoms with Gasteiger partial charge in [0.1, 0.15) is 4.90 Å². The molecule has 1 aromatic carbocycles. The fourth-order valence-electron chi connectivity index (χ4n) is 1.98. The highest BCUT2D eigenvalue weighted by atomic mass is 32.2. The molecular formula is C13H18N4O2S2. The molecule has 0 aliphatic carbocycles. The molecule has 0 aliphatic rings. The van der Waals surface area contributed by atoms with Crippen molar-refractivity contribution in [1.82, 2.24) is 15.5 Å². The van der Waals surface area contributed by atoms with Crippen LogP contribution in [-0.2, 0) is 16.6 Å². The Hall–Kier alpha value is -1.51. The number of hydrogen-bond donors (Lipinski definition) is 3. The quantitative estimate of drug-likeness (QED) is 0.707. The molecule has 0 saturated carbocycles. The van der Waals surface area contributed by atoms with E-state index in [0.717, 1.165) is 4.90 Å². The van der Waals surface area contributed by atoms with Gasteiger partial charge in [-0.1, -0.05) is 0 Å². The van der Waals surface area contributed by atoms with Crippen molar-refractivity contribution in [3.05, 3.63) is 35.7 Å². The van der Waals surface area contributed by atoms with E-state index in [1.54, 1.807) is 37.9 Å². The summed E-state index contributed by atoms with van der Waals surface area (Å²) >= 11 is 1.60. The van der Waals surface area contributed by atoms with Crippen LogP contribution in [0.5, 0.6) is 0 Å². The maximum Gasteiger partial charge on any atom is 0.265 e. The molecule has 0 unspecified atom stereocenters. The maximum absolute atomic E-state index is 12.5. The molecule has 1 aromatic heterocycles. The minimum absolute atomic E-state index is 0.200. The minimum atomic E-state index is -3.66. The molecular weight excluding hydrogens is 308 g/mol. The monoisotopic (exact) mass is 326 g/mol. The normalized spacial score (nSPS) is 11.6. The Kier molecular flexibility index (Phi) is 4.92. The van der Waals surface area contributed by atoms with Gasteiger partial charge >= 0.3 is 0 Å². The third-order valence-electron chi connectivity index (χ3n) is 2.92. The zero-order valence-corrected chi connectivity index (χ0v) is 13.7. The Morgan fingerprint density at radius 2 is 1.95 bits per heavy atom. The molecule has 0 radical (unpaired) electrons. The molecule has 1 heterocycles. The number of anilines is 1. The lowest BCUT2D eigenvalue weighted by molar-refractivity contribution is 0.598. The maximum atomic E-state index is 12.5. The number of benzene rings is 1. The number of sulfonamides is 1. The summed E-state index contributed by atoms with van der Waals surface area (Å²) in [7, 11) is -1.92. The number of hydrogen-bond acceptors (Lipinski definition) is 5. The van der Waals surface area contributed by atoms with Gasteiger partial charge in [0.05, 0.1) is 11.4 Å². The molecule has 2 aromatic rings. The van der Waals surface area contributed by atoms with Crippen LogP contribution in [0.1, 0.15) is 11.4 Å². The second-order valence-corrected chi connectivity index (χ2v) is 6.99. The van der Waals surface area contributed by atoms with Crippen LogP contribution in [0.25, 0.3) is 0 Å². The molecule has 21 heavy (non-hydrogen) atoms. The Balaban J connectivity index is 2.31. The van der Waals surface area contributed by atoms with Gasteiger partial charge in [-0.2, -0.15) is 5.10 Å². The third kappa shape index (κ3) is 3.58. The lowest BCUT2D eigenvalue weighted by Crippen LogP contribution is -2.17. The van der Waals surface area contributed by atoms with Gasteiger partial charge in [0.15, 0.2) is 0 Å². The van der Waals surface area contributed by atoms with Crippen molar-refractivity contribution >= 4 is 27.5 Å². The van der Waals surface area contributed by atoms with Gasteiger partial charge in [0, 0.05) is 17.1 Å². The average Bonchev–Trinajstić information content (AvgIpc) is 2.81. The summed E-state index contributed by atoms with van der Waals surface area (Å²) in [6.07, 6.45) is 1.97. The highest BCUT2D eigenvalue weighted by Gasteiger charge is 2.24. The summed E-state index contributed by atoms with van der Waals surface area (Å²) in [6, 6.07) is 7.24. The lowest BCUT2D eigenvalue weighted by atomic mass is 10.3. The first-order valence-electron chi connectivity index (χ1n) is 6.33. The summed E-state index contributed by atoms with van der Waals surface area (Å²) in [5.74, 6) is 0. The van der Waals surface area contributed by atoms with Crippen LogP contribution in [0, 0.1) is 6.92 Å². The molecule has 114 valence electrons. The summed E-state index contributed by atoms with van der Waals surface area (Å²) in [5, 5.41) is 9.66. The predicted octanol–water partition coefficient (Wildman–Crippen LogP) is 1.96. The highest BCUT2D eigenvalue weighted by Crippen LogP contribution is 2.23. The number of nitrogens with zero attached hydrogens (tertiary/aromatic N) is 1. The van der Waals surface area contributed by atoms with Gasteiger partial charge in [0.2, 0.25) is 0 Å². The summed E-state index contributed by atoms with van der Waals surface area (Å²) in [5.41, 5.74) is 1.53. The molecule has 0 bridgehead atoms. The van der Waals surface area contributed by atoms with Gasteiger partial charge in [-0.3, -0.25) is 9.82 Å². The van der Waals surface area contributed by atoms with Gasteiger partial charge in [-0.15, -0.1) is 11.8 Å². The topological polar surface area (TPSA) is 86.9 Å². The second-order valence-electron chi connectivity index (χ2n) is 4.49. The van der Waals surface area contributed by atoms with E-state index in [1.807, 2.05) is 18.4 Å². The Morgan fingerprint density at radius 1 is 1.29 bits per heavy atom. The Bertz CT molecular complexity index is 708. The molecule has 0 saturated heterocycles. The van der Waals surface area contributed by atoms with Crippen molar-refractivity contribution in [1.29, 1.82) is 0 Å². The number of aromatic nitrogens is 2. The van der Waals surface area contributed by atoms with Crippen molar-refractivity contribution in [2.75, 3.05) is 18.0 Å². The van der Waals surface area contributed by atoms with E-state index < -0.39 is 10.0 Å². The Labute approximate surface area is 128 Å². The smallest absolute Gasteiger partial charge is 0.265 e. The Morgan fingerprint density at radius 3 is 2.52 bits per heavy atom. The highest BCUT2D eigenvalue weighted by molar-refractivity contribution is 7.98. The first-order valence-corrected chi connectivity index (χ1v) is 9.04. The van der Waals surface area contributed by atoms with E-state index in [4.69, 9.17) is 0 Å². The molecule has 3 N–H and O–H groups in total. The van der Waals surface area contributed by atoms with Crippen molar-refractivity contribution in [3.8, 4) is 0 Å². The van der Waals surface area contributed by atoms with Crippen LogP contribution < -0.4 is 10.0 Å². The summed E-state index contributed by atoms with van der Waals surface area (Å²) in [4.78, 5) is 1.28. The van der Waals surface area contributed by atoms with Crippen molar-refractivity contribution in [2.24, 2.45) is 0 Å². The first kappa shape index (κ1) is 15.9. The van der Waals surface area contributed by atoms with E-state index in [1.165, 1.54) is 0 Å². The molecule has 0 amide bonds. The van der Waals surface area contributed by atoms with Crippen LogP contribution >= 0.6 is 11.8 Å². The van der Waals surface area contributed by atoms with Gasteiger partial charge in [-0.25, -0.2) is 8.42 Å². The fraction of sp³-hybridized carbons (Fsp3) is 0.308. The fourth-order valence-corrected chi connectivity index (χ4v) is 3.81. The first-order chi connectivity index (χ1) is 9.97. The van der Waals surface area contributed by atoms with E-state index in [9.17, 15) is 8.42 Å². The van der Waals surface area contributed by atoms with Crippen LogP contribution in [0.15, 0.2) is 34.1 Å². The second kappa shape index (κ2) is 6.50. The number of H-pyrrole nitrogens is 1. The standard InChI is InChI=1S/C13H18N4O2S2/c1-9-13(12(8-14-2)16-15-9)21(18,19)17-10-4-6-11(20-3)7-5-10/h4-7,14,17H,8H2,1-3H3,(H,15,16). The third-order valence-corrected chi connectivity index (χ3v) is 5.24. The largest absolute Gasteiger partial charge is 0.314 e. The average molecular weight is 326 g/mol. The number of nitrogens with one attached hydrogen (secondary N) is 3. The molecule has 0 fully saturated rings. The number of rotatable bonds is 6. The SMILES string of the molecule is CNCc1n[nH]c(C)c1S(=O)(=O)Nc1ccc(SC)cc1. The van der Waals surface area contributed by atoms with Crippen LogP contribution in [-0.4, -0.2) is 31.9 Å². The van der Waals surface area contributed by atoms with E-state index in [-0.39, 0.29) is 4.90 Å². The molecule has 0 atom stereocenters. The van der Waals surface area contributed by atoms with Gasteiger partial charge in [-0.05, 0) is 44.5 Å². The molecule has 0 spiro atoms. The lowest BCUT2D eigenvalue weighted by Gasteiger charge is -2.09. The van der Waals surface area contributed by atoms with Gasteiger partial charge < -0.3 is 5.32 Å². The predicted molar refractivity (Wildman–Crippen MR) is 85.1 cm³/mol. The van der Waals surface area contributed by atoms with Crippen LogP contribution in [0.3, 0.4) is 0 Å². The van der Waals surface area contributed by atoms with E-state index >= 15 is 0 Å². The molecule has 8 heteroatoms. The van der Waals surface area contributed by atoms with Crippen LogP contribution in [0.2, 0.25) is 0 Å². The van der Waals surface area contributed by atoms with Gasteiger partial charge in [0.25, 0.3) is 10.0 Å². The number of aromatic amines is 1. The zero-order valence-electron chi connectivity index (χ0n) is 12.1. The van der Waals surface area contributed by atoms with E-state index in [0.29, 0.717) is 23.6 Å². The molecule has 6 nitrogen and oxygen atoms in total. The summed E-state index contributed by atoms with van der Waals surface area (Å²) in [6.45, 7) is 2.07. The van der Waals surface area contributed by atoms with Crippen molar-refractivity contribution in [3.63, 3.8) is 0 Å². The van der Waals surface area contributed by atoms with Crippen molar-refractivity contribution < 1.29 is 8.42 Å². The van der Waals surface area contributed by atoms with E-state index in [2.05, 4.69) is 20.2 Å². The number of thioether (sulfide) groups is 1. The zero-order chi connectivity index (χ0) is 15.5. The number of aryl methyl sites for hydroxylation is 1. The molecule has 2 rings (SSSR count). The molecule has 0 aliphatic heterocycles.